The molecule has 0 radical (unpaired) electrons. The zero-order chi connectivity index (χ0) is 14.5. The predicted octanol–water partition coefficient (Wildman–Crippen LogP) is 4.28. The summed E-state index contributed by atoms with van der Waals surface area (Å²) in [7, 11) is 3.26. The van der Waals surface area contributed by atoms with Crippen LogP contribution in [0.15, 0.2) is 36.4 Å². The molecule has 4 heteroatoms. The summed E-state index contributed by atoms with van der Waals surface area (Å²) >= 11 is 6.19. The zero-order valence-electron chi connectivity index (χ0n) is 11.9. The molecule has 2 aromatic rings. The molecule has 20 heavy (non-hydrogen) atoms. The van der Waals surface area contributed by atoms with Gasteiger partial charge in [-0.15, -0.1) is 0 Å². The van der Waals surface area contributed by atoms with Gasteiger partial charge < -0.3 is 14.8 Å². The van der Waals surface area contributed by atoms with Crippen LogP contribution in [-0.2, 0) is 6.54 Å². The Bertz CT molecular complexity index is 599. The van der Waals surface area contributed by atoms with Crippen LogP contribution >= 0.6 is 11.6 Å². The Balaban J connectivity index is 2.10. The van der Waals surface area contributed by atoms with Crippen LogP contribution in [0.1, 0.15) is 11.1 Å². The van der Waals surface area contributed by atoms with E-state index in [1.165, 1.54) is 0 Å². The van der Waals surface area contributed by atoms with Crippen molar-refractivity contribution >= 4 is 17.3 Å². The lowest BCUT2D eigenvalue weighted by molar-refractivity contribution is 0.354. The molecule has 3 nitrogen and oxygen atoms in total. The zero-order valence-corrected chi connectivity index (χ0v) is 12.6. The minimum atomic E-state index is 0.670. The second-order valence-corrected chi connectivity index (χ2v) is 4.93. The van der Waals surface area contributed by atoms with Crippen LogP contribution in [-0.4, -0.2) is 14.2 Å². The molecule has 0 amide bonds. The second kappa shape index (κ2) is 6.53. The summed E-state index contributed by atoms with van der Waals surface area (Å²) in [6.07, 6.45) is 0. The molecule has 0 heterocycles. The Morgan fingerprint density at radius 3 is 2.40 bits per heavy atom. The van der Waals surface area contributed by atoms with Crippen molar-refractivity contribution < 1.29 is 9.47 Å². The molecule has 0 saturated carbocycles. The molecule has 0 fully saturated rings. The van der Waals surface area contributed by atoms with Crippen molar-refractivity contribution in [2.45, 2.75) is 13.5 Å². The minimum absolute atomic E-state index is 0.670. The topological polar surface area (TPSA) is 30.5 Å². The number of hydrogen-bond acceptors (Lipinski definition) is 3. The minimum Gasteiger partial charge on any atom is -0.493 e. The third kappa shape index (κ3) is 3.36. The van der Waals surface area contributed by atoms with E-state index in [1.54, 1.807) is 14.2 Å². The van der Waals surface area contributed by atoms with E-state index in [0.29, 0.717) is 6.54 Å². The van der Waals surface area contributed by atoms with Crippen LogP contribution in [0.4, 0.5) is 5.69 Å². The van der Waals surface area contributed by atoms with Crippen molar-refractivity contribution in [1.29, 1.82) is 0 Å². The fraction of sp³-hybridized carbons (Fsp3) is 0.250. The van der Waals surface area contributed by atoms with Crippen molar-refractivity contribution in [2.75, 3.05) is 19.5 Å². The van der Waals surface area contributed by atoms with Crippen LogP contribution in [0, 0.1) is 6.92 Å². The number of nitrogens with one attached hydrogen (secondary N) is 1. The van der Waals surface area contributed by atoms with Gasteiger partial charge in [0.15, 0.2) is 11.5 Å². The van der Waals surface area contributed by atoms with E-state index in [2.05, 4.69) is 5.32 Å². The van der Waals surface area contributed by atoms with Gasteiger partial charge in [-0.1, -0.05) is 23.7 Å². The first-order valence-corrected chi connectivity index (χ1v) is 6.72. The van der Waals surface area contributed by atoms with Crippen LogP contribution in [0.2, 0.25) is 5.02 Å². The third-order valence-corrected chi connectivity index (χ3v) is 3.37. The number of halogens is 1. The monoisotopic (exact) mass is 291 g/mol. The van der Waals surface area contributed by atoms with Crippen LogP contribution in [0.3, 0.4) is 0 Å². The average Bonchev–Trinajstić information content (AvgIpc) is 2.46. The predicted molar refractivity (Wildman–Crippen MR) is 83.1 cm³/mol. The van der Waals surface area contributed by atoms with Crippen molar-refractivity contribution in [3.8, 4) is 11.5 Å². The Morgan fingerprint density at radius 1 is 1.00 bits per heavy atom. The second-order valence-electron chi connectivity index (χ2n) is 4.53. The van der Waals surface area contributed by atoms with E-state index in [-0.39, 0.29) is 0 Å². The summed E-state index contributed by atoms with van der Waals surface area (Å²) in [5.41, 5.74) is 3.16. The quantitative estimate of drug-likeness (QED) is 0.892. The highest BCUT2D eigenvalue weighted by Crippen LogP contribution is 2.28. The summed E-state index contributed by atoms with van der Waals surface area (Å²) in [5.74, 6) is 1.45. The molecule has 0 aromatic heterocycles. The molecule has 2 rings (SSSR count). The Kier molecular flexibility index (Phi) is 4.74. The number of ether oxygens (including phenoxy) is 2. The SMILES string of the molecule is COc1ccc(CNc2ccc(C)cc2Cl)cc1OC. The van der Waals surface area contributed by atoms with E-state index in [0.717, 1.165) is 33.3 Å². The highest BCUT2D eigenvalue weighted by Gasteiger charge is 2.05. The van der Waals surface area contributed by atoms with Gasteiger partial charge in [0, 0.05) is 6.54 Å². The number of benzene rings is 2. The van der Waals surface area contributed by atoms with Gasteiger partial charge >= 0.3 is 0 Å². The maximum Gasteiger partial charge on any atom is 0.161 e. The van der Waals surface area contributed by atoms with Crippen molar-refractivity contribution in [3.05, 3.63) is 52.5 Å². The van der Waals surface area contributed by atoms with Gasteiger partial charge in [-0.2, -0.15) is 0 Å². The van der Waals surface area contributed by atoms with Crippen LogP contribution in [0.25, 0.3) is 0 Å². The number of anilines is 1. The molecular weight excluding hydrogens is 274 g/mol. The number of methoxy groups -OCH3 is 2. The standard InChI is InChI=1S/C16H18ClNO2/c1-11-4-6-14(13(17)8-11)18-10-12-5-7-15(19-2)16(9-12)20-3/h4-9,18H,10H2,1-3H3. The molecule has 0 spiro atoms. The lowest BCUT2D eigenvalue weighted by Crippen LogP contribution is -2.01. The fourth-order valence-corrected chi connectivity index (χ4v) is 2.25. The number of rotatable bonds is 5. The van der Waals surface area contributed by atoms with E-state index in [1.807, 2.05) is 43.3 Å². The molecule has 106 valence electrons. The van der Waals surface area contributed by atoms with E-state index in [4.69, 9.17) is 21.1 Å². The fourth-order valence-electron chi connectivity index (χ4n) is 1.95. The maximum absolute atomic E-state index is 6.19. The molecule has 0 saturated heterocycles. The highest BCUT2D eigenvalue weighted by molar-refractivity contribution is 6.33. The molecule has 0 unspecified atom stereocenters. The first-order chi connectivity index (χ1) is 9.63. The van der Waals surface area contributed by atoms with Crippen LogP contribution < -0.4 is 14.8 Å². The number of hydrogen-bond donors (Lipinski definition) is 1. The summed E-state index contributed by atoms with van der Waals surface area (Å²) in [5, 5.41) is 4.04. The smallest absolute Gasteiger partial charge is 0.161 e. The average molecular weight is 292 g/mol. The maximum atomic E-state index is 6.19. The molecule has 1 N–H and O–H groups in total. The first kappa shape index (κ1) is 14.5. The molecule has 0 aliphatic carbocycles. The van der Waals surface area contributed by atoms with Gasteiger partial charge in [-0.25, -0.2) is 0 Å². The summed E-state index contributed by atoms with van der Waals surface area (Å²) in [4.78, 5) is 0. The molecule has 0 atom stereocenters. The van der Waals surface area contributed by atoms with Crippen molar-refractivity contribution in [2.24, 2.45) is 0 Å². The van der Waals surface area contributed by atoms with E-state index in [9.17, 15) is 0 Å². The van der Waals surface area contributed by atoms with Gasteiger partial charge in [0.05, 0.1) is 24.9 Å². The molecule has 2 aromatic carbocycles. The highest BCUT2D eigenvalue weighted by atomic mass is 35.5. The largest absolute Gasteiger partial charge is 0.493 e. The summed E-state index contributed by atoms with van der Waals surface area (Å²) in [6.45, 7) is 2.69. The van der Waals surface area contributed by atoms with E-state index >= 15 is 0 Å². The van der Waals surface area contributed by atoms with Gasteiger partial charge in [-0.3, -0.25) is 0 Å². The summed E-state index contributed by atoms with van der Waals surface area (Å²) in [6, 6.07) is 11.8. The van der Waals surface area contributed by atoms with Gasteiger partial charge in [-0.05, 0) is 42.3 Å². The Labute approximate surface area is 124 Å². The van der Waals surface area contributed by atoms with Crippen molar-refractivity contribution in [1.82, 2.24) is 0 Å². The Morgan fingerprint density at radius 2 is 1.75 bits per heavy atom. The lowest BCUT2D eigenvalue weighted by Gasteiger charge is -2.12. The van der Waals surface area contributed by atoms with Crippen LogP contribution in [0.5, 0.6) is 11.5 Å². The van der Waals surface area contributed by atoms with Gasteiger partial charge in [0.1, 0.15) is 0 Å². The van der Waals surface area contributed by atoms with Crippen molar-refractivity contribution in [3.63, 3.8) is 0 Å². The van der Waals surface area contributed by atoms with Gasteiger partial charge in [0.2, 0.25) is 0 Å². The number of aryl methyl sites for hydroxylation is 1. The normalized spacial score (nSPS) is 10.2. The third-order valence-electron chi connectivity index (χ3n) is 3.06. The lowest BCUT2D eigenvalue weighted by atomic mass is 10.2. The summed E-state index contributed by atoms with van der Waals surface area (Å²) < 4.78 is 10.5. The molecule has 0 aliphatic rings. The molecule has 0 aliphatic heterocycles. The van der Waals surface area contributed by atoms with Gasteiger partial charge in [0.25, 0.3) is 0 Å². The Hall–Kier alpha value is -1.87. The molecule has 0 bridgehead atoms. The molecular formula is C16H18ClNO2. The first-order valence-electron chi connectivity index (χ1n) is 6.35. The van der Waals surface area contributed by atoms with E-state index < -0.39 is 0 Å².